The third kappa shape index (κ3) is 11.1. The number of hydrogen-bond acceptors (Lipinski definition) is 12. The van der Waals surface area contributed by atoms with E-state index in [2.05, 4.69) is 44.5 Å². The number of hydrogen-bond donors (Lipinski definition) is 2. The van der Waals surface area contributed by atoms with Gasteiger partial charge in [0, 0.05) is 43.7 Å². The number of carbonyl (C=O) groups is 2. The normalized spacial score (nSPS) is 10.9. The number of esters is 2. The van der Waals surface area contributed by atoms with Gasteiger partial charge in [0.05, 0.1) is 47.2 Å². The Hall–Kier alpha value is -6.37. The van der Waals surface area contributed by atoms with Gasteiger partial charge in [0.25, 0.3) is 0 Å². The zero-order valence-corrected chi connectivity index (χ0v) is 28.2. The zero-order valence-electron chi connectivity index (χ0n) is 28.2. The molecule has 50 heavy (non-hydrogen) atoms. The minimum Gasteiger partial charge on any atom is -0.461 e. The predicted molar refractivity (Wildman–Crippen MR) is 195 cm³/mol. The molecule has 0 atom stereocenters. The molecule has 258 valence electrons. The van der Waals surface area contributed by atoms with E-state index in [0.717, 1.165) is 29.1 Å². The van der Waals surface area contributed by atoms with Crippen molar-refractivity contribution in [2.45, 2.75) is 6.92 Å². The van der Waals surface area contributed by atoms with Crippen LogP contribution in [0.1, 0.15) is 5.56 Å². The second-order valence-corrected chi connectivity index (χ2v) is 10.9. The Morgan fingerprint density at radius 2 is 1.20 bits per heavy atom. The number of aryl methyl sites for hydroxylation is 1. The van der Waals surface area contributed by atoms with Crippen LogP contribution in [0.4, 0.5) is 49.9 Å². The molecule has 0 saturated heterocycles. The molecule has 0 amide bonds. The first kappa shape index (κ1) is 36.5. The van der Waals surface area contributed by atoms with Crippen molar-refractivity contribution >= 4 is 57.4 Å². The molecule has 0 bridgehead atoms. The number of azo groups is 2. The number of benzene rings is 4. The maximum atomic E-state index is 14.9. The van der Waals surface area contributed by atoms with E-state index in [1.54, 1.807) is 24.3 Å². The van der Waals surface area contributed by atoms with Gasteiger partial charge in [-0.1, -0.05) is 13.2 Å². The number of nitrogens with zero attached hydrogens (tertiary/aromatic N) is 6. The summed E-state index contributed by atoms with van der Waals surface area (Å²) in [5.41, 5.74) is 11.9. The van der Waals surface area contributed by atoms with E-state index in [1.165, 1.54) is 6.07 Å². The third-order valence-corrected chi connectivity index (χ3v) is 7.30. The Morgan fingerprint density at radius 3 is 1.70 bits per heavy atom. The summed E-state index contributed by atoms with van der Waals surface area (Å²) in [7, 11) is 3.79. The Labute approximate surface area is 290 Å². The highest BCUT2D eigenvalue weighted by molar-refractivity contribution is 5.81. The summed E-state index contributed by atoms with van der Waals surface area (Å²) >= 11 is 0. The summed E-state index contributed by atoms with van der Waals surface area (Å²) < 4.78 is 24.9. The summed E-state index contributed by atoms with van der Waals surface area (Å²) in [5, 5.41) is 17.1. The standard InChI is InChI=1S/C37H39FN8O4/c1-6-36(47)49-22-20-45(4)31-14-8-27(9-15-31)39-41-30-13-19-35(33(38)25-30)44-42-29-12-18-34(26(3)24-29)43-40-28-10-16-32(17-11-28)46(5)21-23-50-37(48)7-2/h6-19,24-25,42,44H,1-2,20-23H2,3-5H3. The molecule has 0 aliphatic rings. The Balaban J connectivity index is 1.26. The third-order valence-electron chi connectivity index (χ3n) is 7.30. The smallest absolute Gasteiger partial charge is 0.330 e. The largest absolute Gasteiger partial charge is 0.461 e. The molecule has 4 rings (SSSR count). The van der Waals surface area contributed by atoms with Crippen molar-refractivity contribution in [3.05, 3.63) is 122 Å². The van der Waals surface area contributed by atoms with Crippen LogP contribution < -0.4 is 20.7 Å². The molecule has 0 aliphatic heterocycles. The van der Waals surface area contributed by atoms with Crippen molar-refractivity contribution in [2.24, 2.45) is 20.5 Å². The van der Waals surface area contributed by atoms with Gasteiger partial charge in [-0.05, 0) is 91.3 Å². The van der Waals surface area contributed by atoms with Gasteiger partial charge in [0.2, 0.25) is 0 Å². The van der Waals surface area contributed by atoms with E-state index in [0.29, 0.717) is 41.5 Å². The van der Waals surface area contributed by atoms with Crippen LogP contribution in [0.2, 0.25) is 0 Å². The number of anilines is 4. The average Bonchev–Trinajstić information content (AvgIpc) is 3.13. The van der Waals surface area contributed by atoms with Gasteiger partial charge in [-0.3, -0.25) is 5.43 Å². The van der Waals surface area contributed by atoms with E-state index in [1.807, 2.05) is 85.4 Å². The van der Waals surface area contributed by atoms with Gasteiger partial charge in [-0.2, -0.15) is 20.5 Å². The van der Waals surface area contributed by atoms with Crippen molar-refractivity contribution in [3.8, 4) is 0 Å². The first-order chi connectivity index (χ1) is 24.1. The molecule has 12 nitrogen and oxygen atoms in total. The lowest BCUT2D eigenvalue weighted by Gasteiger charge is -2.18. The average molecular weight is 679 g/mol. The second kappa shape index (κ2) is 18.2. The van der Waals surface area contributed by atoms with E-state index in [4.69, 9.17) is 9.47 Å². The van der Waals surface area contributed by atoms with Crippen LogP contribution in [0, 0.1) is 12.7 Å². The highest BCUT2D eigenvalue weighted by atomic mass is 19.1. The maximum absolute atomic E-state index is 14.9. The van der Waals surface area contributed by atoms with Crippen LogP contribution in [0.15, 0.2) is 131 Å². The van der Waals surface area contributed by atoms with Gasteiger partial charge in [-0.15, -0.1) is 0 Å². The highest BCUT2D eigenvalue weighted by Crippen LogP contribution is 2.28. The predicted octanol–water partition coefficient (Wildman–Crippen LogP) is 8.73. The zero-order chi connectivity index (χ0) is 35.9. The fraction of sp³-hybridized carbons (Fsp3) is 0.189. The SMILES string of the molecule is C=CC(=O)OCCN(C)c1ccc(N=Nc2ccc(NNc3ccc(N=Nc4ccc(N(C)CCOC(=O)C=C)cc4)c(C)c3)c(F)c2)cc1. The number of hydrazine groups is 1. The molecular weight excluding hydrogens is 639 g/mol. The lowest BCUT2D eigenvalue weighted by atomic mass is 10.2. The quantitative estimate of drug-likeness (QED) is 0.0490. The summed E-state index contributed by atoms with van der Waals surface area (Å²) in [6.07, 6.45) is 2.27. The van der Waals surface area contributed by atoms with E-state index >= 15 is 0 Å². The molecule has 13 heteroatoms. The first-order valence-electron chi connectivity index (χ1n) is 15.6. The van der Waals surface area contributed by atoms with Gasteiger partial charge >= 0.3 is 11.9 Å². The molecule has 0 heterocycles. The van der Waals surface area contributed by atoms with Crippen LogP contribution in [0.5, 0.6) is 0 Å². The lowest BCUT2D eigenvalue weighted by Crippen LogP contribution is -2.23. The molecule has 0 fully saturated rings. The molecule has 0 spiro atoms. The van der Waals surface area contributed by atoms with Crippen LogP contribution in [0.3, 0.4) is 0 Å². The van der Waals surface area contributed by atoms with Crippen molar-refractivity contribution in [1.29, 1.82) is 0 Å². The lowest BCUT2D eigenvalue weighted by molar-refractivity contribution is -0.138. The molecule has 0 aliphatic carbocycles. The summed E-state index contributed by atoms with van der Waals surface area (Å²) in [4.78, 5) is 26.3. The van der Waals surface area contributed by atoms with Crippen LogP contribution in [0.25, 0.3) is 0 Å². The molecule has 0 aromatic heterocycles. The van der Waals surface area contributed by atoms with Crippen LogP contribution >= 0.6 is 0 Å². The molecule has 4 aromatic carbocycles. The van der Waals surface area contributed by atoms with Crippen molar-refractivity contribution in [3.63, 3.8) is 0 Å². The minimum absolute atomic E-state index is 0.239. The molecule has 2 N–H and O–H groups in total. The maximum Gasteiger partial charge on any atom is 0.330 e. The van der Waals surface area contributed by atoms with E-state index in [-0.39, 0.29) is 18.9 Å². The van der Waals surface area contributed by atoms with Crippen molar-refractivity contribution in [2.75, 3.05) is 61.1 Å². The Bertz CT molecular complexity index is 1850. The topological polar surface area (TPSA) is 133 Å². The summed E-state index contributed by atoms with van der Waals surface area (Å²) in [6, 6.07) is 24.9. The van der Waals surface area contributed by atoms with Crippen molar-refractivity contribution < 1.29 is 23.5 Å². The minimum atomic E-state index is -0.501. The van der Waals surface area contributed by atoms with Gasteiger partial charge in [-0.25, -0.2) is 14.0 Å². The molecule has 4 aromatic rings. The number of carbonyl (C=O) groups excluding carboxylic acids is 2. The second-order valence-electron chi connectivity index (χ2n) is 10.9. The monoisotopic (exact) mass is 678 g/mol. The molecular formula is C37H39FN8O4. The number of ether oxygens (including phenoxy) is 2. The molecule has 0 radical (unpaired) electrons. The number of rotatable bonds is 17. The fourth-order valence-corrected chi connectivity index (χ4v) is 4.37. The van der Waals surface area contributed by atoms with Crippen molar-refractivity contribution in [1.82, 2.24) is 0 Å². The van der Waals surface area contributed by atoms with Gasteiger partial charge in [0.15, 0.2) is 0 Å². The van der Waals surface area contributed by atoms with E-state index < -0.39 is 17.8 Å². The van der Waals surface area contributed by atoms with Gasteiger partial charge in [0.1, 0.15) is 19.0 Å². The molecule has 0 saturated carbocycles. The first-order valence-corrected chi connectivity index (χ1v) is 15.6. The fourth-order valence-electron chi connectivity index (χ4n) is 4.37. The van der Waals surface area contributed by atoms with Gasteiger partial charge < -0.3 is 24.7 Å². The highest BCUT2D eigenvalue weighted by Gasteiger charge is 2.07. The number of halogens is 1. The molecule has 0 unspecified atom stereocenters. The summed E-state index contributed by atoms with van der Waals surface area (Å²) in [6.45, 7) is 10.2. The Kier molecular flexibility index (Phi) is 13.3. The number of likely N-dealkylation sites (N-methyl/N-ethyl adjacent to an activating group) is 2. The number of nitrogens with one attached hydrogen (secondary N) is 2. The Morgan fingerprint density at radius 1 is 0.700 bits per heavy atom. The van der Waals surface area contributed by atoms with Crippen LogP contribution in [-0.2, 0) is 19.1 Å². The van der Waals surface area contributed by atoms with Crippen LogP contribution in [-0.4, -0.2) is 52.3 Å². The van der Waals surface area contributed by atoms with E-state index in [9.17, 15) is 14.0 Å². The summed E-state index contributed by atoms with van der Waals surface area (Å²) in [5.74, 6) is -1.41.